The summed E-state index contributed by atoms with van der Waals surface area (Å²) in [4.78, 5) is 28.1. The van der Waals surface area contributed by atoms with Gasteiger partial charge >= 0.3 is 5.97 Å². The van der Waals surface area contributed by atoms with Gasteiger partial charge < -0.3 is 26.6 Å². The molecule has 0 bridgehead atoms. The molecule has 1 atom stereocenters. The van der Waals surface area contributed by atoms with Gasteiger partial charge in [0.25, 0.3) is 5.91 Å². The summed E-state index contributed by atoms with van der Waals surface area (Å²) in [5.41, 5.74) is -0.805. The van der Waals surface area contributed by atoms with Gasteiger partial charge in [0.1, 0.15) is 35.3 Å². The van der Waals surface area contributed by atoms with Crippen LogP contribution in [0.5, 0.6) is 0 Å². The van der Waals surface area contributed by atoms with Crippen LogP contribution in [0.4, 0.5) is 0 Å². The molecule has 6 heteroatoms. The molecule has 1 aliphatic rings. The third-order valence-corrected chi connectivity index (χ3v) is 10.7. The minimum atomic E-state index is -2.32. The molecule has 178 valence electrons. The fourth-order valence-corrected chi connectivity index (χ4v) is 9.64. The normalized spacial score (nSPS) is 16.1. The largest absolute Gasteiger partial charge is 1.00 e. The number of hydrogen-bond acceptors (Lipinski definition) is 3. The molecule has 1 aliphatic heterocycles. The van der Waals surface area contributed by atoms with Gasteiger partial charge in [0.15, 0.2) is 5.66 Å². The average molecular weight is 540 g/mol. The number of nitrogens with zero attached hydrogens (tertiary/aromatic N) is 1. The molecule has 4 nitrogen and oxygen atoms in total. The van der Waals surface area contributed by atoms with Crippen LogP contribution in [0.15, 0.2) is 91.0 Å². The third-order valence-electron chi connectivity index (χ3n) is 5.97. The molecule has 4 rings (SSSR count). The van der Waals surface area contributed by atoms with Gasteiger partial charge in [0, 0.05) is 13.0 Å². The predicted molar refractivity (Wildman–Crippen MR) is 136 cm³/mol. The minimum absolute atomic E-state index is 0. The average Bonchev–Trinajstić information content (AvgIpc) is 3.16. The quantitative estimate of drug-likeness (QED) is 0.346. The second-order valence-corrected chi connectivity index (χ2v) is 13.0. The van der Waals surface area contributed by atoms with Crippen molar-refractivity contribution in [3.05, 3.63) is 91.0 Å². The summed E-state index contributed by atoms with van der Waals surface area (Å²) in [7, 11) is -2.32. The van der Waals surface area contributed by atoms with Crippen LogP contribution >= 0.6 is 7.26 Å². The molecule has 3 aromatic rings. The Kier molecular flexibility index (Phi) is 8.33. The highest BCUT2D eigenvalue weighted by atomic mass is 79.9. The summed E-state index contributed by atoms with van der Waals surface area (Å²) in [6.45, 7) is 6.07. The number of carbonyl (C=O) groups excluding carboxylic acids is 2. The Hall–Kier alpha value is -2.49. The van der Waals surface area contributed by atoms with Gasteiger partial charge in [-0.2, -0.15) is 0 Å². The number of carbonyl (C=O) groups is 2. The van der Waals surface area contributed by atoms with Crippen molar-refractivity contribution in [1.82, 2.24) is 4.90 Å². The summed E-state index contributed by atoms with van der Waals surface area (Å²) in [5.74, 6) is -0.328. The van der Waals surface area contributed by atoms with E-state index in [1.807, 2.05) is 75.4 Å². The van der Waals surface area contributed by atoms with Crippen LogP contribution in [0.2, 0.25) is 0 Å². The maximum Gasteiger partial charge on any atom is 0.326 e. The Morgan fingerprint density at radius 2 is 1.26 bits per heavy atom. The van der Waals surface area contributed by atoms with E-state index in [9.17, 15) is 9.59 Å². The fourth-order valence-electron chi connectivity index (χ4n) is 4.74. The van der Waals surface area contributed by atoms with E-state index in [1.54, 1.807) is 4.90 Å². The molecule has 34 heavy (non-hydrogen) atoms. The number of amides is 1. The van der Waals surface area contributed by atoms with Crippen LogP contribution in [0.1, 0.15) is 27.2 Å². The lowest BCUT2D eigenvalue weighted by Crippen LogP contribution is -3.00. The van der Waals surface area contributed by atoms with Gasteiger partial charge in [0.05, 0.1) is 0 Å². The Bertz CT molecular complexity index is 1000. The molecular formula is C28H31BrNO3P. The first-order chi connectivity index (χ1) is 15.8. The van der Waals surface area contributed by atoms with Crippen LogP contribution in [-0.4, -0.2) is 41.1 Å². The van der Waals surface area contributed by atoms with Crippen molar-refractivity contribution in [1.29, 1.82) is 0 Å². The molecule has 1 heterocycles. The van der Waals surface area contributed by atoms with E-state index in [2.05, 4.69) is 36.4 Å². The van der Waals surface area contributed by atoms with Crippen molar-refractivity contribution in [3.63, 3.8) is 0 Å². The lowest BCUT2D eigenvalue weighted by molar-refractivity contribution is -0.158. The molecule has 0 radical (unpaired) electrons. The minimum Gasteiger partial charge on any atom is -1.00 e. The van der Waals surface area contributed by atoms with Crippen molar-refractivity contribution in [2.45, 2.75) is 38.5 Å². The standard InChI is InChI=1S/C28H31NO3P.BrH/c1-28(2,3)32-26(30)21-29-20-19-25(27(29)31)33(22-13-7-4-8-14-22,23-15-9-5-10-16-23)24-17-11-6-12-18-24;/h4-18,25H,19-21H2,1-3H3;1H/q+1;/p-1/t25-;/m1./s1. The van der Waals surface area contributed by atoms with E-state index in [0.29, 0.717) is 13.0 Å². The second-order valence-electron chi connectivity index (χ2n) is 9.38. The molecule has 0 aromatic heterocycles. The van der Waals surface area contributed by atoms with Crippen molar-refractivity contribution in [2.75, 3.05) is 13.1 Å². The third kappa shape index (κ3) is 5.26. The molecule has 1 amide bonds. The number of likely N-dealkylation sites (tertiary alicyclic amines) is 1. The monoisotopic (exact) mass is 539 g/mol. The number of rotatable bonds is 6. The fraction of sp³-hybridized carbons (Fsp3) is 0.286. The summed E-state index contributed by atoms with van der Waals surface area (Å²) < 4.78 is 5.50. The second kappa shape index (κ2) is 10.8. The van der Waals surface area contributed by atoms with Gasteiger partial charge in [-0.05, 0) is 57.2 Å². The first-order valence-corrected chi connectivity index (χ1v) is 13.2. The van der Waals surface area contributed by atoms with Crippen LogP contribution in [0, 0.1) is 0 Å². The number of hydrogen-bond donors (Lipinski definition) is 0. The van der Waals surface area contributed by atoms with Crippen LogP contribution in [-0.2, 0) is 14.3 Å². The first kappa shape index (κ1) is 26.1. The van der Waals surface area contributed by atoms with E-state index in [0.717, 1.165) is 0 Å². The zero-order valence-electron chi connectivity index (χ0n) is 19.9. The van der Waals surface area contributed by atoms with Crippen molar-refractivity contribution >= 4 is 35.1 Å². The zero-order chi connectivity index (χ0) is 23.5. The number of esters is 1. The van der Waals surface area contributed by atoms with Gasteiger partial charge in [-0.3, -0.25) is 9.59 Å². The highest BCUT2D eigenvalue weighted by Gasteiger charge is 2.58. The Labute approximate surface area is 213 Å². The number of ether oxygens (including phenoxy) is 1. The maximum atomic E-state index is 13.9. The van der Waals surface area contributed by atoms with E-state index >= 15 is 0 Å². The molecule has 0 spiro atoms. The molecule has 0 saturated carbocycles. The molecular weight excluding hydrogens is 509 g/mol. The van der Waals surface area contributed by atoms with Crippen LogP contribution in [0.3, 0.4) is 0 Å². The predicted octanol–water partition coefficient (Wildman–Crippen LogP) is 0.927. The van der Waals surface area contributed by atoms with Crippen molar-refractivity contribution in [3.8, 4) is 0 Å². The molecule has 1 saturated heterocycles. The van der Waals surface area contributed by atoms with Crippen molar-refractivity contribution in [2.24, 2.45) is 0 Å². The lowest BCUT2D eigenvalue weighted by atomic mass is 10.2. The Morgan fingerprint density at radius 3 is 1.65 bits per heavy atom. The number of benzene rings is 3. The summed E-state index contributed by atoms with van der Waals surface area (Å²) in [6, 6.07) is 31.2. The van der Waals surface area contributed by atoms with E-state index < -0.39 is 12.9 Å². The van der Waals surface area contributed by atoms with Crippen LogP contribution in [0.25, 0.3) is 0 Å². The van der Waals surface area contributed by atoms with Crippen molar-refractivity contribution < 1.29 is 31.3 Å². The van der Waals surface area contributed by atoms with Gasteiger partial charge in [0.2, 0.25) is 0 Å². The molecule has 1 fully saturated rings. The maximum absolute atomic E-state index is 13.9. The molecule has 0 N–H and O–H groups in total. The zero-order valence-corrected chi connectivity index (χ0v) is 22.3. The smallest absolute Gasteiger partial charge is 0.326 e. The molecule has 0 aliphatic carbocycles. The summed E-state index contributed by atoms with van der Waals surface area (Å²) in [6.07, 6.45) is 0.702. The van der Waals surface area contributed by atoms with E-state index in [1.165, 1.54) is 15.9 Å². The summed E-state index contributed by atoms with van der Waals surface area (Å²) in [5, 5.41) is 3.54. The van der Waals surface area contributed by atoms with E-state index in [-0.39, 0.29) is 41.1 Å². The van der Waals surface area contributed by atoms with Gasteiger partial charge in [-0.15, -0.1) is 0 Å². The highest BCUT2D eigenvalue weighted by molar-refractivity contribution is 7.96. The number of halogens is 1. The summed E-state index contributed by atoms with van der Waals surface area (Å²) >= 11 is 0. The SMILES string of the molecule is CC(C)(C)OC(=O)CN1CC[C@@H]([P+](c2ccccc2)(c2ccccc2)c2ccccc2)C1=O.[Br-]. The molecule has 3 aromatic carbocycles. The Morgan fingerprint density at radius 1 is 0.853 bits per heavy atom. The lowest BCUT2D eigenvalue weighted by Gasteiger charge is -2.32. The van der Waals surface area contributed by atoms with Gasteiger partial charge in [-0.25, -0.2) is 0 Å². The Balaban J connectivity index is 0.00000324. The van der Waals surface area contributed by atoms with Crippen LogP contribution < -0.4 is 32.9 Å². The van der Waals surface area contributed by atoms with E-state index in [4.69, 9.17) is 4.74 Å². The highest BCUT2D eigenvalue weighted by Crippen LogP contribution is 2.62. The topological polar surface area (TPSA) is 46.6 Å². The molecule has 0 unspecified atom stereocenters. The van der Waals surface area contributed by atoms with Gasteiger partial charge in [-0.1, -0.05) is 54.6 Å². The first-order valence-electron chi connectivity index (χ1n) is 11.4.